The van der Waals surface area contributed by atoms with Crippen molar-refractivity contribution in [2.75, 3.05) is 26.2 Å². The molecule has 1 atom stereocenters. The van der Waals surface area contributed by atoms with Crippen molar-refractivity contribution in [2.24, 2.45) is 0 Å². The molecule has 1 saturated heterocycles. The molecule has 120 valence electrons. The molecular formula is C18H27N3O. The number of rotatable bonds is 6. The fourth-order valence-corrected chi connectivity index (χ4v) is 3.45. The average Bonchev–Trinajstić information content (AvgIpc) is 3.09. The second kappa shape index (κ2) is 7.75. The van der Waals surface area contributed by atoms with E-state index in [-0.39, 0.29) is 11.9 Å². The third-order valence-corrected chi connectivity index (χ3v) is 4.79. The lowest BCUT2D eigenvalue weighted by atomic mass is 10.00. The lowest BCUT2D eigenvalue weighted by Crippen LogP contribution is -2.40. The maximum atomic E-state index is 11.9. The van der Waals surface area contributed by atoms with E-state index in [1.54, 1.807) is 0 Å². The van der Waals surface area contributed by atoms with Crippen molar-refractivity contribution < 1.29 is 4.79 Å². The fourth-order valence-electron chi connectivity index (χ4n) is 3.45. The first-order valence-corrected chi connectivity index (χ1v) is 8.63. The lowest BCUT2D eigenvalue weighted by molar-refractivity contribution is -0.122. The van der Waals surface area contributed by atoms with E-state index in [2.05, 4.69) is 39.8 Å². The highest BCUT2D eigenvalue weighted by Crippen LogP contribution is 2.18. The van der Waals surface area contributed by atoms with Gasteiger partial charge in [0.2, 0.25) is 5.91 Å². The first-order valence-electron chi connectivity index (χ1n) is 8.63. The molecule has 1 unspecified atom stereocenters. The van der Waals surface area contributed by atoms with Gasteiger partial charge >= 0.3 is 0 Å². The zero-order valence-electron chi connectivity index (χ0n) is 13.3. The van der Waals surface area contributed by atoms with Gasteiger partial charge in [-0.1, -0.05) is 24.3 Å². The van der Waals surface area contributed by atoms with Crippen molar-refractivity contribution in [3.8, 4) is 0 Å². The highest BCUT2D eigenvalue weighted by Gasteiger charge is 2.21. The molecule has 2 aliphatic rings. The van der Waals surface area contributed by atoms with Crippen LogP contribution in [0.1, 0.15) is 36.8 Å². The molecule has 1 amide bonds. The van der Waals surface area contributed by atoms with Gasteiger partial charge in [-0.15, -0.1) is 0 Å². The van der Waals surface area contributed by atoms with Crippen LogP contribution >= 0.6 is 0 Å². The number of fused-ring (bicyclic) bond motifs is 1. The van der Waals surface area contributed by atoms with Crippen LogP contribution in [0.25, 0.3) is 0 Å². The van der Waals surface area contributed by atoms with Crippen molar-refractivity contribution in [1.29, 1.82) is 0 Å². The summed E-state index contributed by atoms with van der Waals surface area (Å²) in [6.07, 6.45) is 5.49. The SMILES string of the molecule is O=C(NCCCCN1CCc2ccccc2C1)C1CCCN1. The van der Waals surface area contributed by atoms with Crippen LogP contribution in [-0.2, 0) is 17.8 Å². The minimum Gasteiger partial charge on any atom is -0.355 e. The molecule has 1 aromatic carbocycles. The van der Waals surface area contributed by atoms with Crippen LogP contribution in [0.5, 0.6) is 0 Å². The number of unbranched alkanes of at least 4 members (excludes halogenated alkanes) is 1. The molecule has 0 spiro atoms. The Bertz CT molecular complexity index is 497. The maximum Gasteiger partial charge on any atom is 0.237 e. The fraction of sp³-hybridized carbons (Fsp3) is 0.611. The van der Waals surface area contributed by atoms with Gasteiger partial charge in [-0.05, 0) is 56.3 Å². The zero-order valence-corrected chi connectivity index (χ0v) is 13.3. The standard InChI is InChI=1S/C18H27N3O/c22-18(17-8-5-11-19-17)20-10-3-4-12-21-13-9-15-6-1-2-7-16(15)14-21/h1-2,6-7,17,19H,3-5,8-14H2,(H,20,22). The molecule has 4 heteroatoms. The zero-order chi connectivity index (χ0) is 15.2. The second-order valence-electron chi connectivity index (χ2n) is 6.44. The second-order valence-corrected chi connectivity index (χ2v) is 6.44. The summed E-state index contributed by atoms with van der Waals surface area (Å²) in [7, 11) is 0. The molecule has 0 radical (unpaired) electrons. The number of carbonyl (C=O) groups excluding carboxylic acids is 1. The molecule has 22 heavy (non-hydrogen) atoms. The summed E-state index contributed by atoms with van der Waals surface area (Å²) in [5.41, 5.74) is 2.99. The third-order valence-electron chi connectivity index (χ3n) is 4.79. The number of hydrogen-bond acceptors (Lipinski definition) is 3. The molecular weight excluding hydrogens is 274 g/mol. The molecule has 2 heterocycles. The van der Waals surface area contributed by atoms with Gasteiger partial charge < -0.3 is 10.6 Å². The Morgan fingerprint density at radius 3 is 2.95 bits per heavy atom. The highest BCUT2D eigenvalue weighted by molar-refractivity contribution is 5.81. The quantitative estimate of drug-likeness (QED) is 0.786. The van der Waals surface area contributed by atoms with E-state index in [4.69, 9.17) is 0 Å². The Morgan fingerprint density at radius 1 is 1.27 bits per heavy atom. The summed E-state index contributed by atoms with van der Waals surface area (Å²) in [6.45, 7) is 5.16. The van der Waals surface area contributed by atoms with Gasteiger partial charge in [0.25, 0.3) is 0 Å². The van der Waals surface area contributed by atoms with Crippen molar-refractivity contribution in [2.45, 2.75) is 44.7 Å². The molecule has 1 fully saturated rings. The van der Waals surface area contributed by atoms with E-state index in [1.807, 2.05) is 0 Å². The smallest absolute Gasteiger partial charge is 0.237 e. The van der Waals surface area contributed by atoms with Crippen LogP contribution in [0, 0.1) is 0 Å². The topological polar surface area (TPSA) is 44.4 Å². The van der Waals surface area contributed by atoms with E-state index in [0.717, 1.165) is 58.4 Å². The van der Waals surface area contributed by atoms with E-state index >= 15 is 0 Å². The van der Waals surface area contributed by atoms with Crippen LogP contribution in [0.4, 0.5) is 0 Å². The number of nitrogens with one attached hydrogen (secondary N) is 2. The number of amides is 1. The molecule has 0 saturated carbocycles. The van der Waals surface area contributed by atoms with Crippen molar-refractivity contribution >= 4 is 5.91 Å². The Labute approximate surface area is 133 Å². The van der Waals surface area contributed by atoms with Gasteiger partial charge in [-0.2, -0.15) is 0 Å². The van der Waals surface area contributed by atoms with Gasteiger partial charge in [0.1, 0.15) is 0 Å². The van der Waals surface area contributed by atoms with E-state index in [9.17, 15) is 4.79 Å². The molecule has 2 aliphatic heterocycles. The summed E-state index contributed by atoms with van der Waals surface area (Å²) in [6, 6.07) is 8.82. The normalized spacial score (nSPS) is 21.5. The van der Waals surface area contributed by atoms with E-state index in [1.165, 1.54) is 17.5 Å². The Hall–Kier alpha value is -1.39. The van der Waals surface area contributed by atoms with Gasteiger partial charge in [-0.3, -0.25) is 9.69 Å². The molecule has 0 bridgehead atoms. The van der Waals surface area contributed by atoms with Gasteiger partial charge in [-0.25, -0.2) is 0 Å². The minimum absolute atomic E-state index is 0.0543. The molecule has 0 aromatic heterocycles. The number of carbonyl (C=O) groups is 1. The maximum absolute atomic E-state index is 11.9. The summed E-state index contributed by atoms with van der Waals surface area (Å²) >= 11 is 0. The van der Waals surface area contributed by atoms with Crippen molar-refractivity contribution in [3.05, 3.63) is 35.4 Å². The van der Waals surface area contributed by atoms with Gasteiger partial charge in [0.15, 0.2) is 0 Å². The van der Waals surface area contributed by atoms with Gasteiger partial charge in [0.05, 0.1) is 6.04 Å². The number of nitrogens with zero attached hydrogens (tertiary/aromatic N) is 1. The van der Waals surface area contributed by atoms with Crippen LogP contribution in [0.2, 0.25) is 0 Å². The largest absolute Gasteiger partial charge is 0.355 e. The number of hydrogen-bond donors (Lipinski definition) is 2. The molecule has 3 rings (SSSR count). The predicted molar refractivity (Wildman–Crippen MR) is 88.7 cm³/mol. The molecule has 0 aliphatic carbocycles. The monoisotopic (exact) mass is 301 g/mol. The third kappa shape index (κ3) is 4.08. The van der Waals surface area contributed by atoms with E-state index in [0.29, 0.717) is 0 Å². The van der Waals surface area contributed by atoms with Crippen LogP contribution in [0.15, 0.2) is 24.3 Å². The number of benzene rings is 1. The van der Waals surface area contributed by atoms with Crippen molar-refractivity contribution in [1.82, 2.24) is 15.5 Å². The molecule has 2 N–H and O–H groups in total. The average molecular weight is 301 g/mol. The predicted octanol–water partition coefficient (Wildman–Crippen LogP) is 1.69. The lowest BCUT2D eigenvalue weighted by Gasteiger charge is -2.28. The highest BCUT2D eigenvalue weighted by atomic mass is 16.2. The summed E-state index contributed by atoms with van der Waals surface area (Å²) in [4.78, 5) is 14.4. The van der Waals surface area contributed by atoms with Crippen LogP contribution < -0.4 is 10.6 Å². The minimum atomic E-state index is 0.0543. The Morgan fingerprint density at radius 2 is 2.14 bits per heavy atom. The summed E-state index contributed by atoms with van der Waals surface area (Å²) in [5.74, 6) is 0.185. The van der Waals surface area contributed by atoms with Crippen molar-refractivity contribution in [3.63, 3.8) is 0 Å². The summed E-state index contributed by atoms with van der Waals surface area (Å²) < 4.78 is 0. The van der Waals surface area contributed by atoms with Gasteiger partial charge in [0, 0.05) is 19.6 Å². The first-order chi connectivity index (χ1) is 10.8. The molecule has 1 aromatic rings. The van der Waals surface area contributed by atoms with E-state index < -0.39 is 0 Å². The van der Waals surface area contributed by atoms with Crippen LogP contribution in [-0.4, -0.2) is 43.0 Å². The summed E-state index contributed by atoms with van der Waals surface area (Å²) in [5, 5.41) is 6.30. The van der Waals surface area contributed by atoms with Crippen LogP contribution in [0.3, 0.4) is 0 Å². The first kappa shape index (κ1) is 15.5. The molecule has 4 nitrogen and oxygen atoms in total. The Kier molecular flexibility index (Phi) is 5.46. The Balaban J connectivity index is 1.30.